The summed E-state index contributed by atoms with van der Waals surface area (Å²) in [5.41, 5.74) is 0.380. The van der Waals surface area contributed by atoms with Crippen LogP contribution in [0.4, 0.5) is 5.82 Å². The average Bonchev–Trinajstić information content (AvgIpc) is 2.67. The molecule has 2 rings (SSSR count). The Morgan fingerprint density at radius 1 is 1.35 bits per heavy atom. The summed E-state index contributed by atoms with van der Waals surface area (Å²) < 4.78 is 5.31. The van der Waals surface area contributed by atoms with Gasteiger partial charge in [-0.05, 0) is 6.42 Å². The van der Waals surface area contributed by atoms with E-state index < -0.39 is 0 Å². The van der Waals surface area contributed by atoms with Gasteiger partial charge in [0.15, 0.2) is 0 Å². The molecule has 0 spiro atoms. The summed E-state index contributed by atoms with van der Waals surface area (Å²) in [7, 11) is 1.76. The molecule has 1 aliphatic rings. The molecule has 0 atom stereocenters. The van der Waals surface area contributed by atoms with Gasteiger partial charge >= 0.3 is 0 Å². The van der Waals surface area contributed by atoms with Crippen LogP contribution in [0.2, 0.25) is 0 Å². The molecule has 17 heavy (non-hydrogen) atoms. The molecule has 1 saturated heterocycles. The van der Waals surface area contributed by atoms with Gasteiger partial charge in [0, 0.05) is 26.7 Å². The minimum absolute atomic E-state index is 0.0781. The van der Waals surface area contributed by atoms with Gasteiger partial charge < -0.3 is 15.0 Å². The van der Waals surface area contributed by atoms with Crippen molar-refractivity contribution in [1.29, 1.82) is 0 Å². The molecule has 1 aromatic rings. The number of rotatable bonds is 2. The Morgan fingerprint density at radius 3 is 2.94 bits per heavy atom. The van der Waals surface area contributed by atoms with Gasteiger partial charge in [-0.1, -0.05) is 0 Å². The van der Waals surface area contributed by atoms with Gasteiger partial charge in [-0.2, -0.15) is 0 Å². The third-order valence-electron chi connectivity index (χ3n) is 2.64. The second-order valence-electron chi connectivity index (χ2n) is 3.80. The van der Waals surface area contributed by atoms with Gasteiger partial charge in [0.05, 0.1) is 19.0 Å². The molecular formula is C11H16N4O2. The van der Waals surface area contributed by atoms with E-state index in [1.165, 1.54) is 6.20 Å². The highest BCUT2D eigenvalue weighted by molar-refractivity contribution is 5.92. The van der Waals surface area contributed by atoms with Gasteiger partial charge in [-0.25, -0.2) is 9.97 Å². The summed E-state index contributed by atoms with van der Waals surface area (Å²) in [4.78, 5) is 22.0. The van der Waals surface area contributed by atoms with Crippen molar-refractivity contribution in [2.24, 2.45) is 0 Å². The largest absolute Gasteiger partial charge is 0.380 e. The number of anilines is 1. The first-order valence-corrected chi connectivity index (χ1v) is 5.68. The molecule has 1 aliphatic heterocycles. The minimum atomic E-state index is -0.0781. The van der Waals surface area contributed by atoms with Crippen molar-refractivity contribution in [2.45, 2.75) is 6.42 Å². The van der Waals surface area contributed by atoms with Gasteiger partial charge in [0.1, 0.15) is 11.5 Å². The van der Waals surface area contributed by atoms with Crippen molar-refractivity contribution in [2.75, 3.05) is 38.7 Å². The maximum atomic E-state index is 12.1. The van der Waals surface area contributed by atoms with Crippen LogP contribution in [0.1, 0.15) is 16.9 Å². The zero-order chi connectivity index (χ0) is 12.1. The van der Waals surface area contributed by atoms with E-state index in [1.54, 1.807) is 18.1 Å². The molecule has 6 heteroatoms. The van der Waals surface area contributed by atoms with Gasteiger partial charge in [-0.15, -0.1) is 0 Å². The van der Waals surface area contributed by atoms with E-state index in [0.717, 1.165) is 6.42 Å². The first kappa shape index (κ1) is 11.8. The number of ether oxygens (including phenoxy) is 1. The molecule has 92 valence electrons. The number of aromatic nitrogens is 2. The number of hydrogen-bond acceptors (Lipinski definition) is 5. The number of nitrogens with zero attached hydrogens (tertiary/aromatic N) is 3. The Hall–Kier alpha value is -1.69. The van der Waals surface area contributed by atoms with E-state index in [-0.39, 0.29) is 5.91 Å². The number of hydrogen-bond donors (Lipinski definition) is 1. The smallest absolute Gasteiger partial charge is 0.274 e. The van der Waals surface area contributed by atoms with Crippen molar-refractivity contribution in [3.8, 4) is 0 Å². The average molecular weight is 236 g/mol. The van der Waals surface area contributed by atoms with E-state index >= 15 is 0 Å². The number of amides is 1. The molecule has 2 heterocycles. The van der Waals surface area contributed by atoms with Crippen LogP contribution in [-0.4, -0.2) is 54.1 Å². The maximum Gasteiger partial charge on any atom is 0.274 e. The van der Waals surface area contributed by atoms with Gasteiger partial charge in [0.25, 0.3) is 5.91 Å². The fourth-order valence-electron chi connectivity index (χ4n) is 1.68. The lowest BCUT2D eigenvalue weighted by molar-refractivity contribution is 0.0735. The van der Waals surface area contributed by atoms with Crippen LogP contribution in [0.5, 0.6) is 0 Å². The third kappa shape index (κ3) is 2.91. The standard InChI is InChI=1S/C11H16N4O2/c1-12-10-8-13-9(7-14-10)11(16)15-3-2-5-17-6-4-15/h7-8H,2-6H2,1H3,(H,12,14). The van der Waals surface area contributed by atoms with E-state index in [2.05, 4.69) is 15.3 Å². The second kappa shape index (κ2) is 5.58. The van der Waals surface area contributed by atoms with Crippen LogP contribution in [0.15, 0.2) is 12.4 Å². The van der Waals surface area contributed by atoms with Crippen LogP contribution < -0.4 is 5.32 Å². The monoisotopic (exact) mass is 236 g/mol. The third-order valence-corrected chi connectivity index (χ3v) is 2.64. The van der Waals surface area contributed by atoms with E-state index in [4.69, 9.17) is 4.74 Å². The Bertz CT molecular complexity index is 372. The lowest BCUT2D eigenvalue weighted by Gasteiger charge is -2.18. The zero-order valence-electron chi connectivity index (χ0n) is 9.85. The summed E-state index contributed by atoms with van der Waals surface area (Å²) in [6.45, 7) is 2.64. The van der Waals surface area contributed by atoms with Crippen LogP contribution in [0.3, 0.4) is 0 Å². The molecule has 0 radical (unpaired) electrons. The molecule has 1 N–H and O–H groups in total. The molecule has 1 aromatic heterocycles. The van der Waals surface area contributed by atoms with Crippen molar-refractivity contribution < 1.29 is 9.53 Å². The Morgan fingerprint density at radius 2 is 2.24 bits per heavy atom. The van der Waals surface area contributed by atoms with Crippen molar-refractivity contribution >= 4 is 11.7 Å². The fourth-order valence-corrected chi connectivity index (χ4v) is 1.68. The molecule has 1 amide bonds. The molecule has 0 aliphatic carbocycles. The highest BCUT2D eigenvalue weighted by atomic mass is 16.5. The predicted molar refractivity (Wildman–Crippen MR) is 62.9 cm³/mol. The number of carbonyl (C=O) groups is 1. The molecule has 1 fully saturated rings. The molecule has 0 unspecified atom stereocenters. The SMILES string of the molecule is CNc1cnc(C(=O)N2CCCOCC2)cn1. The molecule has 6 nitrogen and oxygen atoms in total. The summed E-state index contributed by atoms with van der Waals surface area (Å²) in [5, 5.41) is 2.86. The van der Waals surface area contributed by atoms with Gasteiger partial charge in [-0.3, -0.25) is 4.79 Å². The Balaban J connectivity index is 2.06. The van der Waals surface area contributed by atoms with Crippen LogP contribution in [0.25, 0.3) is 0 Å². The van der Waals surface area contributed by atoms with Crippen LogP contribution >= 0.6 is 0 Å². The zero-order valence-corrected chi connectivity index (χ0v) is 9.85. The molecule has 0 saturated carbocycles. The van der Waals surface area contributed by atoms with Crippen molar-refractivity contribution in [3.05, 3.63) is 18.1 Å². The fraction of sp³-hybridized carbons (Fsp3) is 0.545. The van der Waals surface area contributed by atoms with Crippen LogP contribution in [0, 0.1) is 0 Å². The lowest BCUT2D eigenvalue weighted by Crippen LogP contribution is -2.33. The topological polar surface area (TPSA) is 67.4 Å². The molecule has 0 bridgehead atoms. The van der Waals surface area contributed by atoms with E-state index in [9.17, 15) is 4.79 Å². The van der Waals surface area contributed by atoms with Crippen molar-refractivity contribution in [1.82, 2.24) is 14.9 Å². The summed E-state index contributed by atoms with van der Waals surface area (Å²) in [6, 6.07) is 0. The molecular weight excluding hydrogens is 220 g/mol. The van der Waals surface area contributed by atoms with Gasteiger partial charge in [0.2, 0.25) is 0 Å². The quantitative estimate of drug-likeness (QED) is 0.804. The first-order chi connectivity index (χ1) is 8.31. The van der Waals surface area contributed by atoms with Crippen molar-refractivity contribution in [3.63, 3.8) is 0 Å². The Labute approximate surface area is 100 Å². The minimum Gasteiger partial charge on any atom is -0.380 e. The second-order valence-corrected chi connectivity index (χ2v) is 3.80. The summed E-state index contributed by atoms with van der Waals surface area (Å²) in [6.07, 6.45) is 3.93. The number of nitrogens with one attached hydrogen (secondary N) is 1. The van der Waals surface area contributed by atoms with Crippen LogP contribution in [-0.2, 0) is 4.74 Å². The number of carbonyl (C=O) groups excluding carboxylic acids is 1. The molecule has 0 aromatic carbocycles. The predicted octanol–water partition coefficient (Wildman–Crippen LogP) is 0.381. The Kier molecular flexibility index (Phi) is 3.87. The maximum absolute atomic E-state index is 12.1. The van der Waals surface area contributed by atoms with E-state index in [0.29, 0.717) is 37.8 Å². The first-order valence-electron chi connectivity index (χ1n) is 5.68. The normalized spacial score (nSPS) is 16.4. The lowest BCUT2D eigenvalue weighted by atomic mass is 10.3. The summed E-state index contributed by atoms with van der Waals surface area (Å²) in [5.74, 6) is 0.575. The highest BCUT2D eigenvalue weighted by Crippen LogP contribution is 2.06. The van der Waals surface area contributed by atoms with E-state index in [1.807, 2.05) is 0 Å². The summed E-state index contributed by atoms with van der Waals surface area (Å²) >= 11 is 0. The highest BCUT2D eigenvalue weighted by Gasteiger charge is 2.18.